The topological polar surface area (TPSA) is 40.5 Å². The molecule has 1 aromatic heterocycles. The summed E-state index contributed by atoms with van der Waals surface area (Å²) in [5.74, 6) is -0.216. The zero-order chi connectivity index (χ0) is 15.2. The fourth-order valence-corrected chi connectivity index (χ4v) is 3.90. The van der Waals surface area contributed by atoms with Crippen LogP contribution in [0.5, 0.6) is 0 Å². The molecule has 0 radical (unpaired) electrons. The van der Waals surface area contributed by atoms with Gasteiger partial charge in [0.1, 0.15) is 0 Å². The zero-order valence-corrected chi connectivity index (χ0v) is 13.7. The highest BCUT2D eigenvalue weighted by Crippen LogP contribution is 2.27. The predicted octanol–water partition coefficient (Wildman–Crippen LogP) is 4.25. The van der Waals surface area contributed by atoms with Crippen LogP contribution in [0.15, 0.2) is 17.5 Å². The molecule has 2 rings (SSSR count). The van der Waals surface area contributed by atoms with E-state index in [2.05, 4.69) is 24.8 Å². The van der Waals surface area contributed by atoms with Crippen molar-refractivity contribution in [3.8, 4) is 0 Å². The molecule has 1 heterocycles. The van der Waals surface area contributed by atoms with Gasteiger partial charge in [-0.2, -0.15) is 0 Å². The molecule has 0 saturated heterocycles. The molecular formula is C17H25NO2S. The van der Waals surface area contributed by atoms with Gasteiger partial charge in [0.05, 0.1) is 0 Å². The molecule has 4 heteroatoms. The average molecular weight is 307 g/mol. The standard InChI is InChI=1S/C17H25NO2S/c1-13(2)10-18(15-5-3-4-6-15)11-16-9-14(12-21-16)7-8-17(19)20/h7-9,12-13,15H,3-6,10-11H2,1-2H3,(H,19,20)/b8-7+. The molecule has 1 aromatic rings. The Kier molecular flexibility index (Phi) is 6.00. The number of hydrogen-bond acceptors (Lipinski definition) is 3. The second-order valence-corrected chi connectivity index (χ2v) is 7.28. The fourth-order valence-electron chi connectivity index (χ4n) is 3.02. The van der Waals surface area contributed by atoms with Gasteiger partial charge in [-0.05, 0) is 41.8 Å². The monoisotopic (exact) mass is 307 g/mol. The molecule has 0 bridgehead atoms. The van der Waals surface area contributed by atoms with Crippen molar-refractivity contribution in [3.63, 3.8) is 0 Å². The lowest BCUT2D eigenvalue weighted by molar-refractivity contribution is -0.131. The summed E-state index contributed by atoms with van der Waals surface area (Å²) >= 11 is 1.73. The summed E-state index contributed by atoms with van der Waals surface area (Å²) in [6.45, 7) is 6.69. The molecule has 3 nitrogen and oxygen atoms in total. The van der Waals surface area contributed by atoms with Crippen LogP contribution < -0.4 is 0 Å². The Balaban J connectivity index is 2.00. The van der Waals surface area contributed by atoms with Gasteiger partial charge in [-0.3, -0.25) is 4.90 Å². The van der Waals surface area contributed by atoms with Gasteiger partial charge in [0.15, 0.2) is 0 Å². The van der Waals surface area contributed by atoms with Crippen molar-refractivity contribution in [2.45, 2.75) is 52.1 Å². The van der Waals surface area contributed by atoms with Crippen LogP contribution in [0.25, 0.3) is 6.08 Å². The Hall–Kier alpha value is -1.13. The average Bonchev–Trinajstić information content (AvgIpc) is 3.06. The second kappa shape index (κ2) is 7.76. The number of aliphatic carboxylic acids is 1. The highest BCUT2D eigenvalue weighted by atomic mass is 32.1. The van der Waals surface area contributed by atoms with E-state index in [1.54, 1.807) is 17.4 Å². The number of carbonyl (C=O) groups is 1. The first kappa shape index (κ1) is 16.2. The van der Waals surface area contributed by atoms with Gasteiger partial charge in [0, 0.05) is 30.1 Å². The quantitative estimate of drug-likeness (QED) is 0.766. The first-order chi connectivity index (χ1) is 10.0. The van der Waals surface area contributed by atoms with E-state index < -0.39 is 5.97 Å². The van der Waals surface area contributed by atoms with E-state index in [1.807, 2.05) is 5.38 Å². The lowest BCUT2D eigenvalue weighted by Gasteiger charge is -2.30. The highest BCUT2D eigenvalue weighted by Gasteiger charge is 2.23. The largest absolute Gasteiger partial charge is 0.478 e. The Labute approximate surface area is 131 Å². The van der Waals surface area contributed by atoms with Crippen LogP contribution in [-0.2, 0) is 11.3 Å². The summed E-state index contributed by atoms with van der Waals surface area (Å²) in [7, 11) is 0. The van der Waals surface area contributed by atoms with E-state index in [0.717, 1.165) is 24.7 Å². The Morgan fingerprint density at radius 2 is 2.19 bits per heavy atom. The third kappa shape index (κ3) is 5.29. The highest BCUT2D eigenvalue weighted by molar-refractivity contribution is 7.10. The third-order valence-corrected chi connectivity index (χ3v) is 4.83. The summed E-state index contributed by atoms with van der Waals surface area (Å²) in [6.07, 6.45) is 8.24. The molecule has 116 valence electrons. The van der Waals surface area contributed by atoms with Crippen molar-refractivity contribution in [1.29, 1.82) is 0 Å². The third-order valence-electron chi connectivity index (χ3n) is 3.89. The lowest BCUT2D eigenvalue weighted by Crippen LogP contribution is -2.35. The molecule has 21 heavy (non-hydrogen) atoms. The van der Waals surface area contributed by atoms with Gasteiger partial charge in [-0.1, -0.05) is 26.7 Å². The maximum Gasteiger partial charge on any atom is 0.328 e. The fraction of sp³-hybridized carbons (Fsp3) is 0.588. The molecule has 1 fully saturated rings. The first-order valence-electron chi connectivity index (χ1n) is 7.77. The zero-order valence-electron chi connectivity index (χ0n) is 12.9. The molecule has 1 N–H and O–H groups in total. The van der Waals surface area contributed by atoms with Crippen molar-refractivity contribution < 1.29 is 9.90 Å². The van der Waals surface area contributed by atoms with Gasteiger partial charge in [-0.25, -0.2) is 4.79 Å². The molecule has 0 unspecified atom stereocenters. The number of rotatable bonds is 7. The minimum absolute atomic E-state index is 0.678. The molecule has 0 aromatic carbocycles. The van der Waals surface area contributed by atoms with E-state index in [9.17, 15) is 4.79 Å². The van der Waals surface area contributed by atoms with Gasteiger partial charge < -0.3 is 5.11 Å². The first-order valence-corrected chi connectivity index (χ1v) is 8.65. The van der Waals surface area contributed by atoms with E-state index in [0.29, 0.717) is 5.92 Å². The molecule has 1 saturated carbocycles. The smallest absolute Gasteiger partial charge is 0.328 e. The number of nitrogens with zero attached hydrogens (tertiary/aromatic N) is 1. The van der Waals surface area contributed by atoms with Crippen molar-refractivity contribution in [3.05, 3.63) is 28.0 Å². The number of thiophene rings is 1. The van der Waals surface area contributed by atoms with E-state index in [-0.39, 0.29) is 0 Å². The summed E-state index contributed by atoms with van der Waals surface area (Å²) in [5.41, 5.74) is 0.994. The van der Waals surface area contributed by atoms with Crippen LogP contribution in [0, 0.1) is 5.92 Å². The van der Waals surface area contributed by atoms with Crippen LogP contribution in [-0.4, -0.2) is 28.6 Å². The molecule has 1 aliphatic rings. The van der Waals surface area contributed by atoms with Crippen molar-refractivity contribution in [1.82, 2.24) is 4.90 Å². The molecule has 0 aliphatic heterocycles. The normalized spacial score (nSPS) is 16.6. The van der Waals surface area contributed by atoms with E-state index in [1.165, 1.54) is 36.6 Å². The lowest BCUT2D eigenvalue weighted by atomic mass is 10.1. The molecule has 0 amide bonds. The van der Waals surface area contributed by atoms with Crippen LogP contribution in [0.3, 0.4) is 0 Å². The minimum atomic E-state index is -0.893. The SMILES string of the molecule is CC(C)CN(Cc1cc(/C=C/C(=O)O)cs1)C1CCCC1. The maximum atomic E-state index is 10.6. The Bertz CT molecular complexity index is 487. The minimum Gasteiger partial charge on any atom is -0.478 e. The van der Waals surface area contributed by atoms with Crippen LogP contribution in [0.1, 0.15) is 50.0 Å². The van der Waals surface area contributed by atoms with Crippen molar-refractivity contribution >= 4 is 23.4 Å². The molecule has 1 aliphatic carbocycles. The maximum absolute atomic E-state index is 10.6. The molecular weight excluding hydrogens is 282 g/mol. The summed E-state index contributed by atoms with van der Waals surface area (Å²) in [6, 6.07) is 2.85. The number of carboxylic acids is 1. The van der Waals surface area contributed by atoms with Gasteiger partial charge in [0.25, 0.3) is 0 Å². The predicted molar refractivity (Wildman–Crippen MR) is 88.5 cm³/mol. The Morgan fingerprint density at radius 3 is 2.81 bits per heavy atom. The van der Waals surface area contributed by atoms with E-state index in [4.69, 9.17) is 5.11 Å². The van der Waals surface area contributed by atoms with Crippen molar-refractivity contribution in [2.75, 3.05) is 6.54 Å². The van der Waals surface area contributed by atoms with Crippen LogP contribution >= 0.6 is 11.3 Å². The van der Waals surface area contributed by atoms with E-state index >= 15 is 0 Å². The number of carboxylic acid groups (broad SMARTS) is 1. The van der Waals surface area contributed by atoms with Crippen LogP contribution in [0.4, 0.5) is 0 Å². The summed E-state index contributed by atoms with van der Waals surface area (Å²) < 4.78 is 0. The Morgan fingerprint density at radius 1 is 1.48 bits per heavy atom. The summed E-state index contributed by atoms with van der Waals surface area (Å²) in [4.78, 5) is 14.5. The van der Waals surface area contributed by atoms with Crippen LogP contribution in [0.2, 0.25) is 0 Å². The van der Waals surface area contributed by atoms with Gasteiger partial charge in [-0.15, -0.1) is 11.3 Å². The second-order valence-electron chi connectivity index (χ2n) is 6.28. The van der Waals surface area contributed by atoms with Gasteiger partial charge >= 0.3 is 5.97 Å². The molecule has 0 spiro atoms. The summed E-state index contributed by atoms with van der Waals surface area (Å²) in [5, 5.41) is 10.7. The van der Waals surface area contributed by atoms with Gasteiger partial charge in [0.2, 0.25) is 0 Å². The number of hydrogen-bond donors (Lipinski definition) is 1. The van der Waals surface area contributed by atoms with Crippen molar-refractivity contribution in [2.24, 2.45) is 5.92 Å². The molecule has 0 atom stereocenters.